The molecule has 0 spiro atoms. The molecular weight excluding hydrogens is 378 g/mol. The van der Waals surface area contributed by atoms with Crippen LogP contribution in [0.25, 0.3) is 0 Å². The summed E-state index contributed by atoms with van der Waals surface area (Å²) >= 11 is 0. The van der Waals surface area contributed by atoms with Crippen LogP contribution in [0.2, 0.25) is 0 Å². The zero-order chi connectivity index (χ0) is 21.0. The van der Waals surface area contributed by atoms with Gasteiger partial charge in [0.05, 0.1) is 11.6 Å². The summed E-state index contributed by atoms with van der Waals surface area (Å²) in [5.41, 5.74) is 0.398. The van der Waals surface area contributed by atoms with E-state index in [0.717, 1.165) is 18.9 Å². The van der Waals surface area contributed by atoms with E-state index < -0.39 is 17.5 Å². The molecule has 1 unspecified atom stereocenters. The highest BCUT2D eigenvalue weighted by molar-refractivity contribution is 5.95. The fourth-order valence-electron chi connectivity index (χ4n) is 3.33. The third-order valence-corrected chi connectivity index (χ3v) is 4.78. The van der Waals surface area contributed by atoms with Crippen LogP contribution in [0, 0.1) is 11.6 Å². The monoisotopic (exact) mass is 402 g/mol. The zero-order valence-electron chi connectivity index (χ0n) is 16.5. The minimum atomic E-state index is -0.864. The smallest absolute Gasteiger partial charge is 0.257 e. The number of benzene rings is 2. The highest BCUT2D eigenvalue weighted by atomic mass is 19.1. The van der Waals surface area contributed by atoms with Crippen LogP contribution < -0.4 is 10.1 Å². The van der Waals surface area contributed by atoms with Crippen LogP contribution in [0.5, 0.6) is 5.75 Å². The van der Waals surface area contributed by atoms with Gasteiger partial charge in [0.25, 0.3) is 11.8 Å². The maximum Gasteiger partial charge on any atom is 0.257 e. The molecule has 0 aliphatic carbocycles. The van der Waals surface area contributed by atoms with Gasteiger partial charge in [0.2, 0.25) is 0 Å². The first kappa shape index (κ1) is 20.8. The van der Waals surface area contributed by atoms with Gasteiger partial charge in [-0.1, -0.05) is 0 Å². The Morgan fingerprint density at radius 3 is 2.55 bits per heavy atom. The molecule has 1 N–H and O–H groups in total. The lowest BCUT2D eigenvalue weighted by atomic mass is 10.1. The number of nitrogens with one attached hydrogen (secondary N) is 1. The highest BCUT2D eigenvalue weighted by Crippen LogP contribution is 2.23. The zero-order valence-corrected chi connectivity index (χ0v) is 16.5. The number of hydrogen-bond donors (Lipinski definition) is 1. The number of nitrogens with zero attached hydrogens (tertiary/aromatic N) is 1. The first-order valence-electron chi connectivity index (χ1n) is 9.65. The van der Waals surface area contributed by atoms with Crippen molar-refractivity contribution in [2.24, 2.45) is 0 Å². The summed E-state index contributed by atoms with van der Waals surface area (Å²) < 4.78 is 32.9. The average molecular weight is 402 g/mol. The molecule has 1 heterocycles. The van der Waals surface area contributed by atoms with Gasteiger partial charge in [-0.15, -0.1) is 0 Å². The van der Waals surface area contributed by atoms with Gasteiger partial charge in [0.15, 0.2) is 0 Å². The molecule has 5 nitrogen and oxygen atoms in total. The standard InChI is InChI=1S/C22H24F2N2O3/c1-14(2)25-21(27)15-5-8-18(9-6-15)29-13-17-4-3-11-26(17)22(28)19-10-7-16(23)12-20(19)24/h5-10,12,14,17H,3-4,11,13H2,1-2H3,(H,25,27). The number of halogens is 2. The summed E-state index contributed by atoms with van der Waals surface area (Å²) in [7, 11) is 0. The van der Waals surface area contributed by atoms with E-state index in [2.05, 4.69) is 5.32 Å². The molecule has 2 amide bonds. The molecule has 0 radical (unpaired) electrons. The Hall–Kier alpha value is -2.96. The van der Waals surface area contributed by atoms with Crippen molar-refractivity contribution < 1.29 is 23.1 Å². The molecule has 0 bridgehead atoms. The number of carbonyl (C=O) groups is 2. The van der Waals surface area contributed by atoms with E-state index in [1.54, 1.807) is 29.2 Å². The SMILES string of the molecule is CC(C)NC(=O)c1ccc(OCC2CCCN2C(=O)c2ccc(F)cc2F)cc1. The van der Waals surface area contributed by atoms with Crippen LogP contribution in [0.15, 0.2) is 42.5 Å². The molecule has 1 fully saturated rings. The lowest BCUT2D eigenvalue weighted by Gasteiger charge is -2.25. The molecule has 0 saturated carbocycles. The normalized spacial score (nSPS) is 16.2. The van der Waals surface area contributed by atoms with Crippen LogP contribution in [-0.4, -0.2) is 41.9 Å². The van der Waals surface area contributed by atoms with Crippen LogP contribution in [0.4, 0.5) is 8.78 Å². The number of likely N-dealkylation sites (tertiary alicyclic amines) is 1. The molecule has 1 aliphatic rings. The first-order chi connectivity index (χ1) is 13.8. The number of ether oxygens (including phenoxy) is 1. The van der Waals surface area contributed by atoms with Crippen molar-refractivity contribution in [1.29, 1.82) is 0 Å². The third-order valence-electron chi connectivity index (χ3n) is 4.78. The summed E-state index contributed by atoms with van der Waals surface area (Å²) in [6.07, 6.45) is 1.53. The second-order valence-electron chi connectivity index (χ2n) is 7.38. The predicted molar refractivity (Wildman–Crippen MR) is 105 cm³/mol. The summed E-state index contributed by atoms with van der Waals surface area (Å²) in [5.74, 6) is -1.61. The Morgan fingerprint density at radius 1 is 1.17 bits per heavy atom. The number of amides is 2. The quantitative estimate of drug-likeness (QED) is 0.800. The van der Waals surface area contributed by atoms with Crippen molar-refractivity contribution in [1.82, 2.24) is 10.2 Å². The van der Waals surface area contributed by atoms with E-state index in [1.165, 1.54) is 6.07 Å². The molecule has 7 heteroatoms. The highest BCUT2D eigenvalue weighted by Gasteiger charge is 2.31. The maximum absolute atomic E-state index is 14.0. The lowest BCUT2D eigenvalue weighted by molar-refractivity contribution is 0.0686. The van der Waals surface area contributed by atoms with Crippen molar-refractivity contribution in [2.45, 2.75) is 38.8 Å². The van der Waals surface area contributed by atoms with E-state index in [-0.39, 0.29) is 30.2 Å². The van der Waals surface area contributed by atoms with Gasteiger partial charge < -0.3 is 15.0 Å². The largest absolute Gasteiger partial charge is 0.491 e. The van der Waals surface area contributed by atoms with Gasteiger partial charge in [0, 0.05) is 24.2 Å². The van der Waals surface area contributed by atoms with Crippen LogP contribution in [0.3, 0.4) is 0 Å². The molecule has 1 saturated heterocycles. The van der Waals surface area contributed by atoms with Gasteiger partial charge in [-0.05, 0) is 63.1 Å². The Kier molecular flexibility index (Phi) is 6.46. The molecule has 154 valence electrons. The summed E-state index contributed by atoms with van der Waals surface area (Å²) in [6.45, 7) is 4.54. The van der Waals surface area contributed by atoms with E-state index in [1.807, 2.05) is 13.8 Å². The molecule has 1 atom stereocenters. The van der Waals surface area contributed by atoms with Crippen LogP contribution in [-0.2, 0) is 0 Å². The van der Waals surface area contributed by atoms with Crippen molar-refractivity contribution in [2.75, 3.05) is 13.2 Å². The Bertz CT molecular complexity index is 884. The van der Waals surface area contributed by atoms with Crippen LogP contribution >= 0.6 is 0 Å². The molecule has 2 aromatic carbocycles. The first-order valence-corrected chi connectivity index (χ1v) is 9.65. The number of hydrogen-bond acceptors (Lipinski definition) is 3. The van der Waals surface area contributed by atoms with Crippen molar-refractivity contribution >= 4 is 11.8 Å². The Morgan fingerprint density at radius 2 is 1.90 bits per heavy atom. The summed E-state index contributed by atoms with van der Waals surface area (Å²) in [5, 5.41) is 2.82. The number of carbonyl (C=O) groups excluding carboxylic acids is 2. The second-order valence-corrected chi connectivity index (χ2v) is 7.38. The minimum absolute atomic E-state index is 0.0512. The fraction of sp³-hybridized carbons (Fsp3) is 0.364. The van der Waals surface area contributed by atoms with Gasteiger partial charge in [-0.25, -0.2) is 8.78 Å². The maximum atomic E-state index is 14.0. The van der Waals surface area contributed by atoms with Crippen molar-refractivity contribution in [3.63, 3.8) is 0 Å². The Labute approximate surface area is 168 Å². The molecule has 1 aliphatic heterocycles. The Balaban J connectivity index is 1.61. The van der Waals surface area contributed by atoms with Crippen molar-refractivity contribution in [3.8, 4) is 5.75 Å². The van der Waals surface area contributed by atoms with Crippen LogP contribution in [0.1, 0.15) is 47.4 Å². The molecule has 2 aromatic rings. The summed E-state index contributed by atoms with van der Waals surface area (Å²) in [4.78, 5) is 26.2. The van der Waals surface area contributed by atoms with Gasteiger partial charge in [-0.2, -0.15) is 0 Å². The van der Waals surface area contributed by atoms with E-state index in [0.29, 0.717) is 23.9 Å². The second kappa shape index (κ2) is 9.03. The lowest BCUT2D eigenvalue weighted by Crippen LogP contribution is -2.39. The fourth-order valence-corrected chi connectivity index (χ4v) is 3.33. The average Bonchev–Trinajstić information content (AvgIpc) is 3.14. The molecule has 0 aromatic heterocycles. The van der Waals surface area contributed by atoms with E-state index in [4.69, 9.17) is 4.74 Å². The number of rotatable bonds is 6. The molecular formula is C22H24F2N2O3. The van der Waals surface area contributed by atoms with Gasteiger partial charge in [-0.3, -0.25) is 9.59 Å². The molecule has 29 heavy (non-hydrogen) atoms. The summed E-state index contributed by atoms with van der Waals surface area (Å²) in [6, 6.07) is 9.58. The van der Waals surface area contributed by atoms with Crippen molar-refractivity contribution in [3.05, 3.63) is 65.2 Å². The van der Waals surface area contributed by atoms with Gasteiger partial charge in [0.1, 0.15) is 24.0 Å². The predicted octanol–water partition coefficient (Wildman–Crippen LogP) is 3.79. The van der Waals surface area contributed by atoms with E-state index >= 15 is 0 Å². The topological polar surface area (TPSA) is 58.6 Å². The minimum Gasteiger partial charge on any atom is -0.491 e. The van der Waals surface area contributed by atoms with E-state index in [9.17, 15) is 18.4 Å². The third kappa shape index (κ3) is 5.10. The van der Waals surface area contributed by atoms with Gasteiger partial charge >= 0.3 is 0 Å². The molecule has 3 rings (SSSR count).